The molecule has 0 spiro atoms. The minimum Gasteiger partial charge on any atom is -0.508 e. The quantitative estimate of drug-likeness (QED) is 0.664. The van der Waals surface area contributed by atoms with Gasteiger partial charge in [-0.2, -0.15) is 10.4 Å². The van der Waals surface area contributed by atoms with Gasteiger partial charge in [-0.1, -0.05) is 30.3 Å². The third-order valence-electron chi connectivity index (χ3n) is 2.81. The van der Waals surface area contributed by atoms with E-state index in [1.807, 2.05) is 12.1 Å². The Morgan fingerprint density at radius 1 is 1.19 bits per heavy atom. The maximum absolute atomic E-state index is 11.9. The van der Waals surface area contributed by atoms with Gasteiger partial charge >= 0.3 is 0 Å². The number of hydrogen-bond donors (Lipinski definition) is 2. The predicted octanol–water partition coefficient (Wildman–Crippen LogP) is 2.15. The summed E-state index contributed by atoms with van der Waals surface area (Å²) in [7, 11) is 0. The van der Waals surface area contributed by atoms with Gasteiger partial charge in [0, 0.05) is 0 Å². The Kier molecular flexibility index (Phi) is 4.67. The highest BCUT2D eigenvalue weighted by atomic mass is 16.3. The van der Waals surface area contributed by atoms with Crippen LogP contribution in [-0.4, -0.2) is 17.2 Å². The fourth-order valence-corrected chi connectivity index (χ4v) is 1.73. The van der Waals surface area contributed by atoms with Crippen LogP contribution in [0.25, 0.3) is 0 Å². The van der Waals surface area contributed by atoms with Crippen molar-refractivity contribution in [2.75, 3.05) is 0 Å². The van der Waals surface area contributed by atoms with Crippen molar-refractivity contribution in [1.82, 2.24) is 5.43 Å². The number of nitrogens with zero attached hydrogens (tertiary/aromatic N) is 2. The number of aromatic hydroxyl groups is 1. The number of nitriles is 1. The van der Waals surface area contributed by atoms with Crippen LogP contribution in [0.1, 0.15) is 17.0 Å². The summed E-state index contributed by atoms with van der Waals surface area (Å²) in [5.74, 6) is -1.23. The van der Waals surface area contributed by atoms with Crippen LogP contribution in [0.15, 0.2) is 59.7 Å². The van der Waals surface area contributed by atoms with Crippen molar-refractivity contribution >= 4 is 12.1 Å². The topological polar surface area (TPSA) is 85.5 Å². The molecule has 0 saturated carbocycles. The average molecular weight is 279 g/mol. The molecule has 104 valence electrons. The van der Waals surface area contributed by atoms with Crippen molar-refractivity contribution < 1.29 is 9.90 Å². The number of nitrogens with one attached hydrogen (secondary N) is 1. The molecule has 5 nitrogen and oxygen atoms in total. The van der Waals surface area contributed by atoms with Gasteiger partial charge in [-0.25, -0.2) is 5.43 Å². The zero-order valence-corrected chi connectivity index (χ0v) is 11.1. The van der Waals surface area contributed by atoms with E-state index in [0.29, 0.717) is 5.56 Å². The third-order valence-corrected chi connectivity index (χ3v) is 2.81. The first kappa shape index (κ1) is 14.3. The molecule has 21 heavy (non-hydrogen) atoms. The Hall–Kier alpha value is -3.13. The SMILES string of the molecule is N#C[C@H](C(=O)N/N=C\c1ccc(O)cc1)c1ccccc1. The molecule has 0 bridgehead atoms. The molecule has 1 atom stereocenters. The zero-order valence-electron chi connectivity index (χ0n) is 11.1. The van der Waals surface area contributed by atoms with E-state index in [2.05, 4.69) is 10.5 Å². The Bertz CT molecular complexity index is 673. The molecule has 0 heterocycles. The molecule has 0 aromatic heterocycles. The molecule has 2 aromatic carbocycles. The largest absolute Gasteiger partial charge is 0.508 e. The van der Waals surface area contributed by atoms with Crippen molar-refractivity contribution in [2.24, 2.45) is 5.10 Å². The van der Waals surface area contributed by atoms with E-state index in [4.69, 9.17) is 10.4 Å². The molecule has 0 aliphatic carbocycles. The number of amides is 1. The highest BCUT2D eigenvalue weighted by Gasteiger charge is 2.19. The zero-order chi connectivity index (χ0) is 15.1. The lowest BCUT2D eigenvalue weighted by atomic mass is 10.0. The van der Waals surface area contributed by atoms with Crippen LogP contribution < -0.4 is 5.43 Å². The van der Waals surface area contributed by atoms with Crippen LogP contribution >= 0.6 is 0 Å². The van der Waals surface area contributed by atoms with Crippen LogP contribution in [-0.2, 0) is 4.79 Å². The van der Waals surface area contributed by atoms with E-state index in [-0.39, 0.29) is 5.75 Å². The molecule has 1 amide bonds. The second-order valence-corrected chi connectivity index (χ2v) is 4.30. The Balaban J connectivity index is 2.01. The molecule has 0 aliphatic heterocycles. The first-order chi connectivity index (χ1) is 10.2. The van der Waals surface area contributed by atoms with Gasteiger partial charge in [0.05, 0.1) is 12.3 Å². The second kappa shape index (κ2) is 6.87. The Morgan fingerprint density at radius 2 is 1.86 bits per heavy atom. The van der Waals surface area contributed by atoms with Crippen molar-refractivity contribution in [3.63, 3.8) is 0 Å². The van der Waals surface area contributed by atoms with Crippen LogP contribution in [0.3, 0.4) is 0 Å². The van der Waals surface area contributed by atoms with E-state index in [1.165, 1.54) is 18.3 Å². The highest BCUT2D eigenvalue weighted by Crippen LogP contribution is 2.14. The van der Waals surface area contributed by atoms with Gasteiger partial charge in [-0.15, -0.1) is 0 Å². The van der Waals surface area contributed by atoms with Crippen LogP contribution in [0, 0.1) is 11.3 Å². The van der Waals surface area contributed by atoms with Crippen LogP contribution in [0.2, 0.25) is 0 Å². The molecule has 0 fully saturated rings. The van der Waals surface area contributed by atoms with Crippen molar-refractivity contribution in [3.05, 3.63) is 65.7 Å². The summed E-state index contributed by atoms with van der Waals surface area (Å²) in [6.45, 7) is 0. The van der Waals surface area contributed by atoms with E-state index in [0.717, 1.165) is 5.56 Å². The molecule has 5 heteroatoms. The van der Waals surface area contributed by atoms with Crippen molar-refractivity contribution in [2.45, 2.75) is 5.92 Å². The number of hydrazone groups is 1. The first-order valence-corrected chi connectivity index (χ1v) is 6.27. The summed E-state index contributed by atoms with van der Waals surface area (Å²) in [5, 5.41) is 22.1. The summed E-state index contributed by atoms with van der Waals surface area (Å²) in [6.07, 6.45) is 1.44. The number of carbonyl (C=O) groups is 1. The second-order valence-electron chi connectivity index (χ2n) is 4.30. The van der Waals surface area contributed by atoms with Crippen molar-refractivity contribution in [3.8, 4) is 11.8 Å². The molecular weight excluding hydrogens is 266 g/mol. The minimum atomic E-state index is -0.900. The normalized spacial score (nSPS) is 11.8. The van der Waals surface area contributed by atoms with E-state index >= 15 is 0 Å². The Labute approximate surface area is 122 Å². The lowest BCUT2D eigenvalue weighted by Gasteiger charge is -2.06. The van der Waals surface area contributed by atoms with E-state index < -0.39 is 11.8 Å². The van der Waals surface area contributed by atoms with Gasteiger partial charge in [0.15, 0.2) is 5.92 Å². The van der Waals surface area contributed by atoms with Gasteiger partial charge in [-0.3, -0.25) is 4.79 Å². The fourth-order valence-electron chi connectivity index (χ4n) is 1.73. The third kappa shape index (κ3) is 3.91. The molecule has 0 saturated heterocycles. The van der Waals surface area contributed by atoms with Gasteiger partial charge in [-0.05, 0) is 35.4 Å². The molecule has 2 rings (SSSR count). The van der Waals surface area contributed by atoms with Crippen LogP contribution in [0.5, 0.6) is 5.75 Å². The summed E-state index contributed by atoms with van der Waals surface area (Å²) < 4.78 is 0. The lowest BCUT2D eigenvalue weighted by Crippen LogP contribution is -2.24. The van der Waals surface area contributed by atoms with Crippen LogP contribution in [0.4, 0.5) is 0 Å². The summed E-state index contributed by atoms with van der Waals surface area (Å²) in [6, 6.07) is 17.1. The van der Waals surface area contributed by atoms with E-state index in [9.17, 15) is 4.79 Å². The molecule has 0 aliphatic rings. The number of phenols is 1. The van der Waals surface area contributed by atoms with Gasteiger partial charge in [0.25, 0.3) is 5.91 Å². The Morgan fingerprint density at radius 3 is 2.48 bits per heavy atom. The predicted molar refractivity (Wildman–Crippen MR) is 78.6 cm³/mol. The fraction of sp³-hybridized carbons (Fsp3) is 0.0625. The lowest BCUT2D eigenvalue weighted by molar-refractivity contribution is -0.121. The number of benzene rings is 2. The number of phenolic OH excluding ortho intramolecular Hbond substituents is 1. The monoisotopic (exact) mass is 279 g/mol. The molecule has 0 unspecified atom stereocenters. The van der Waals surface area contributed by atoms with Gasteiger partial charge < -0.3 is 5.11 Å². The first-order valence-electron chi connectivity index (χ1n) is 6.27. The average Bonchev–Trinajstić information content (AvgIpc) is 2.51. The molecule has 0 radical (unpaired) electrons. The maximum Gasteiger partial charge on any atom is 0.261 e. The number of hydrogen-bond acceptors (Lipinski definition) is 4. The minimum absolute atomic E-state index is 0.157. The standard InChI is InChI=1S/C16H13N3O2/c17-10-15(13-4-2-1-3-5-13)16(21)19-18-11-12-6-8-14(20)9-7-12/h1-9,11,15,20H,(H,19,21)/b18-11-/t15-/m0/s1. The molecule has 2 N–H and O–H groups in total. The number of rotatable bonds is 4. The van der Waals surface area contributed by atoms with Crippen molar-refractivity contribution in [1.29, 1.82) is 5.26 Å². The smallest absolute Gasteiger partial charge is 0.261 e. The van der Waals surface area contributed by atoms with Gasteiger partial charge in [0.2, 0.25) is 0 Å². The maximum atomic E-state index is 11.9. The summed E-state index contributed by atoms with van der Waals surface area (Å²) in [5.41, 5.74) is 3.69. The summed E-state index contributed by atoms with van der Waals surface area (Å²) >= 11 is 0. The highest BCUT2D eigenvalue weighted by molar-refractivity contribution is 5.88. The number of carbonyl (C=O) groups excluding carboxylic acids is 1. The van der Waals surface area contributed by atoms with E-state index in [1.54, 1.807) is 36.4 Å². The molecule has 2 aromatic rings. The summed E-state index contributed by atoms with van der Waals surface area (Å²) in [4.78, 5) is 11.9. The molecular formula is C16H13N3O2. The van der Waals surface area contributed by atoms with Gasteiger partial charge in [0.1, 0.15) is 5.75 Å².